The average molecular weight is 316 g/mol. The van der Waals surface area contributed by atoms with Crippen molar-refractivity contribution >= 4 is 15.9 Å². The molecule has 0 atom stereocenters. The number of carbonyl (C=O) groups excluding carboxylic acids is 1. The van der Waals surface area contributed by atoms with Gasteiger partial charge in [0.1, 0.15) is 0 Å². The molecule has 21 heavy (non-hydrogen) atoms. The molecule has 0 unspecified atom stereocenters. The van der Waals surface area contributed by atoms with Crippen LogP contribution in [0.15, 0.2) is 23.1 Å². The second-order valence-corrected chi connectivity index (χ2v) is 5.74. The summed E-state index contributed by atoms with van der Waals surface area (Å²) >= 11 is 0. The Hall–Kier alpha value is -1.80. The molecule has 1 aromatic rings. The fourth-order valence-electron chi connectivity index (χ4n) is 1.53. The van der Waals surface area contributed by atoms with E-state index >= 15 is 0 Å². The fraction of sp³-hybridized carbons (Fsp3) is 0.462. The molecule has 0 aliphatic carbocycles. The molecule has 0 aliphatic rings. The van der Waals surface area contributed by atoms with Gasteiger partial charge in [-0.15, -0.1) is 0 Å². The van der Waals surface area contributed by atoms with E-state index in [-0.39, 0.29) is 11.4 Å². The van der Waals surface area contributed by atoms with E-state index in [1.54, 1.807) is 6.92 Å². The van der Waals surface area contributed by atoms with Crippen molar-refractivity contribution in [3.05, 3.63) is 18.2 Å². The van der Waals surface area contributed by atoms with E-state index in [0.717, 1.165) is 0 Å². The maximum Gasteiger partial charge on any atom is 0.241 e. The maximum absolute atomic E-state index is 12.1. The lowest BCUT2D eigenvalue weighted by atomic mass is 10.3. The zero-order chi connectivity index (χ0) is 15.9. The van der Waals surface area contributed by atoms with Crippen molar-refractivity contribution in [3.8, 4) is 11.5 Å². The van der Waals surface area contributed by atoms with Crippen molar-refractivity contribution in [1.29, 1.82) is 0 Å². The lowest BCUT2D eigenvalue weighted by molar-refractivity contribution is -0.119. The van der Waals surface area contributed by atoms with Crippen LogP contribution >= 0.6 is 0 Å². The Morgan fingerprint density at radius 1 is 1.14 bits per heavy atom. The highest BCUT2D eigenvalue weighted by Gasteiger charge is 2.18. The third-order valence-electron chi connectivity index (χ3n) is 2.53. The molecule has 0 radical (unpaired) electrons. The van der Waals surface area contributed by atoms with E-state index in [1.165, 1.54) is 25.2 Å². The highest BCUT2D eigenvalue weighted by molar-refractivity contribution is 7.89. The molecule has 1 rings (SSSR count). The van der Waals surface area contributed by atoms with Crippen LogP contribution in [-0.2, 0) is 14.8 Å². The molecule has 0 bridgehead atoms. The van der Waals surface area contributed by atoms with Crippen LogP contribution in [0.25, 0.3) is 0 Å². The number of hydrogen-bond acceptors (Lipinski definition) is 5. The predicted molar refractivity (Wildman–Crippen MR) is 78.0 cm³/mol. The Balaban J connectivity index is 3.01. The molecule has 0 aromatic heterocycles. The minimum absolute atomic E-state index is 0.0123. The van der Waals surface area contributed by atoms with Gasteiger partial charge in [-0.25, -0.2) is 13.1 Å². The summed E-state index contributed by atoms with van der Waals surface area (Å²) in [4.78, 5) is 11.1. The number of benzene rings is 1. The average Bonchev–Trinajstić information content (AvgIpc) is 2.47. The van der Waals surface area contributed by atoms with E-state index < -0.39 is 15.9 Å². The third kappa shape index (κ3) is 4.91. The first-order valence-corrected chi connectivity index (χ1v) is 8.02. The van der Waals surface area contributed by atoms with E-state index in [4.69, 9.17) is 9.47 Å². The Kier molecular flexibility index (Phi) is 6.44. The number of rotatable bonds is 8. The normalized spacial score (nSPS) is 11.0. The molecule has 2 N–H and O–H groups in total. The zero-order valence-corrected chi connectivity index (χ0v) is 13.1. The van der Waals surface area contributed by atoms with Gasteiger partial charge in [0.05, 0.1) is 24.7 Å². The Labute approximate surface area is 124 Å². The molecule has 1 aromatic carbocycles. The second kappa shape index (κ2) is 7.84. The molecule has 118 valence electrons. The quantitative estimate of drug-likeness (QED) is 0.729. The minimum atomic E-state index is -3.78. The topological polar surface area (TPSA) is 93.7 Å². The van der Waals surface area contributed by atoms with Crippen LogP contribution in [0, 0.1) is 0 Å². The number of carbonyl (C=O) groups is 1. The van der Waals surface area contributed by atoms with Gasteiger partial charge in [0.15, 0.2) is 11.5 Å². The van der Waals surface area contributed by atoms with Crippen LogP contribution in [-0.4, -0.2) is 41.1 Å². The maximum atomic E-state index is 12.1. The van der Waals surface area contributed by atoms with E-state index in [1.807, 2.05) is 6.92 Å². The summed E-state index contributed by atoms with van der Waals surface area (Å²) in [5, 5.41) is 2.34. The Bertz CT molecular complexity index is 586. The summed E-state index contributed by atoms with van der Waals surface area (Å²) in [5.74, 6) is 0.404. The Morgan fingerprint density at radius 2 is 1.76 bits per heavy atom. The first kappa shape index (κ1) is 17.3. The van der Waals surface area contributed by atoms with E-state index in [2.05, 4.69) is 10.0 Å². The van der Waals surface area contributed by atoms with Crippen LogP contribution in [0.5, 0.6) is 11.5 Å². The van der Waals surface area contributed by atoms with Gasteiger partial charge in [-0.05, 0) is 26.0 Å². The molecular formula is C13H20N2O5S. The summed E-state index contributed by atoms with van der Waals surface area (Å²) < 4.78 is 37.1. The van der Waals surface area contributed by atoms with Crippen LogP contribution in [0.1, 0.15) is 13.8 Å². The smallest absolute Gasteiger partial charge is 0.241 e. The van der Waals surface area contributed by atoms with Crippen molar-refractivity contribution in [1.82, 2.24) is 10.0 Å². The third-order valence-corrected chi connectivity index (χ3v) is 3.93. The van der Waals surface area contributed by atoms with E-state index in [9.17, 15) is 13.2 Å². The molecule has 0 spiro atoms. The standard InChI is InChI=1S/C13H20N2O5S/c1-4-19-11-7-6-10(8-12(11)20-5-2)21(17,18)15-9-13(16)14-3/h6-8,15H,4-5,9H2,1-3H3,(H,14,16). The Morgan fingerprint density at radius 3 is 2.33 bits per heavy atom. The van der Waals surface area contributed by atoms with Gasteiger partial charge in [0.2, 0.25) is 15.9 Å². The molecule has 0 fully saturated rings. The zero-order valence-electron chi connectivity index (χ0n) is 12.3. The van der Waals surface area contributed by atoms with Crippen molar-refractivity contribution < 1.29 is 22.7 Å². The first-order chi connectivity index (χ1) is 9.94. The van der Waals surface area contributed by atoms with Gasteiger partial charge in [0.25, 0.3) is 0 Å². The summed E-state index contributed by atoms with van der Waals surface area (Å²) in [6.07, 6.45) is 0. The number of nitrogens with one attached hydrogen (secondary N) is 2. The summed E-state index contributed by atoms with van der Waals surface area (Å²) in [6.45, 7) is 4.12. The molecule has 0 saturated heterocycles. The second-order valence-electron chi connectivity index (χ2n) is 3.97. The molecule has 7 nitrogen and oxygen atoms in total. The van der Waals surface area contributed by atoms with Crippen molar-refractivity contribution in [3.63, 3.8) is 0 Å². The van der Waals surface area contributed by atoms with Gasteiger partial charge >= 0.3 is 0 Å². The van der Waals surface area contributed by atoms with Gasteiger partial charge in [-0.3, -0.25) is 4.79 Å². The molecule has 0 aliphatic heterocycles. The van der Waals surface area contributed by atoms with E-state index in [0.29, 0.717) is 24.7 Å². The van der Waals surface area contributed by atoms with Gasteiger partial charge < -0.3 is 14.8 Å². The molecular weight excluding hydrogens is 296 g/mol. The summed E-state index contributed by atoms with van der Waals surface area (Å²) in [7, 11) is -2.35. The molecule has 8 heteroatoms. The van der Waals surface area contributed by atoms with Gasteiger partial charge in [0, 0.05) is 13.1 Å². The van der Waals surface area contributed by atoms with Crippen LogP contribution in [0.4, 0.5) is 0 Å². The molecule has 0 heterocycles. The number of hydrogen-bond donors (Lipinski definition) is 2. The monoisotopic (exact) mass is 316 g/mol. The van der Waals surface area contributed by atoms with Crippen molar-refractivity contribution in [2.45, 2.75) is 18.7 Å². The first-order valence-electron chi connectivity index (χ1n) is 6.54. The minimum Gasteiger partial charge on any atom is -0.490 e. The largest absolute Gasteiger partial charge is 0.490 e. The lowest BCUT2D eigenvalue weighted by Crippen LogP contribution is -2.35. The number of ether oxygens (including phenoxy) is 2. The highest BCUT2D eigenvalue weighted by atomic mass is 32.2. The summed E-state index contributed by atoms with van der Waals surface area (Å²) in [5.41, 5.74) is 0. The SMILES string of the molecule is CCOc1ccc(S(=O)(=O)NCC(=O)NC)cc1OCC. The summed E-state index contributed by atoms with van der Waals surface area (Å²) in [6, 6.07) is 4.31. The fourth-order valence-corrected chi connectivity index (χ4v) is 2.53. The number of sulfonamides is 1. The number of likely N-dealkylation sites (N-methyl/N-ethyl adjacent to an activating group) is 1. The lowest BCUT2D eigenvalue weighted by Gasteiger charge is -2.13. The van der Waals surface area contributed by atoms with Crippen LogP contribution in [0.2, 0.25) is 0 Å². The number of amides is 1. The van der Waals surface area contributed by atoms with Gasteiger partial charge in [-0.1, -0.05) is 0 Å². The van der Waals surface area contributed by atoms with Crippen LogP contribution in [0.3, 0.4) is 0 Å². The van der Waals surface area contributed by atoms with Crippen molar-refractivity contribution in [2.24, 2.45) is 0 Å². The predicted octanol–water partition coefficient (Wildman–Crippen LogP) is 0.508. The highest BCUT2D eigenvalue weighted by Crippen LogP contribution is 2.30. The van der Waals surface area contributed by atoms with Crippen LogP contribution < -0.4 is 19.5 Å². The molecule has 0 saturated carbocycles. The van der Waals surface area contributed by atoms with Crippen molar-refractivity contribution in [2.75, 3.05) is 26.8 Å². The molecule has 1 amide bonds. The van der Waals surface area contributed by atoms with Gasteiger partial charge in [-0.2, -0.15) is 0 Å².